The Hall–Kier alpha value is -0.160. The summed E-state index contributed by atoms with van der Waals surface area (Å²) in [4.78, 5) is 11.0. The molecule has 0 aliphatic carbocycles. The molecule has 0 aromatic rings. The second kappa shape index (κ2) is 3.23. The van der Waals surface area contributed by atoms with E-state index in [1.807, 2.05) is 20.8 Å². The Balaban J connectivity index is 2.01. The SMILES string of the molecule is CCCCC12CCC3(C)OC1(C)OOC2(C)O3. The van der Waals surface area contributed by atoms with Crippen LogP contribution in [0.4, 0.5) is 0 Å². The lowest BCUT2D eigenvalue weighted by Crippen LogP contribution is -2.70. The summed E-state index contributed by atoms with van der Waals surface area (Å²) >= 11 is 0. The number of hydrogen-bond donors (Lipinski definition) is 0. The highest BCUT2D eigenvalue weighted by atomic mass is 17.3. The average molecular weight is 242 g/mol. The quantitative estimate of drug-likeness (QED) is 0.712. The van der Waals surface area contributed by atoms with E-state index >= 15 is 0 Å². The number of fused-ring (bicyclic) bond motifs is 1. The van der Waals surface area contributed by atoms with Gasteiger partial charge in [0.15, 0.2) is 5.79 Å². The third kappa shape index (κ3) is 1.27. The van der Waals surface area contributed by atoms with Crippen molar-refractivity contribution in [3.63, 3.8) is 0 Å². The molecule has 2 unspecified atom stereocenters. The molecule has 17 heavy (non-hydrogen) atoms. The molecule has 4 saturated heterocycles. The van der Waals surface area contributed by atoms with E-state index in [0.717, 1.165) is 32.1 Å². The molecule has 4 bridgehead atoms. The van der Waals surface area contributed by atoms with Crippen LogP contribution in [0.5, 0.6) is 0 Å². The third-order valence-electron chi connectivity index (χ3n) is 4.88. The second-order valence-corrected chi connectivity index (χ2v) is 6.08. The summed E-state index contributed by atoms with van der Waals surface area (Å²) < 4.78 is 12.1. The molecule has 0 saturated carbocycles. The van der Waals surface area contributed by atoms with Crippen LogP contribution in [-0.4, -0.2) is 17.4 Å². The molecule has 4 aliphatic heterocycles. The van der Waals surface area contributed by atoms with Gasteiger partial charge in [-0.3, -0.25) is 0 Å². The first-order chi connectivity index (χ1) is 7.89. The van der Waals surface area contributed by atoms with E-state index in [4.69, 9.17) is 19.2 Å². The first-order valence-corrected chi connectivity index (χ1v) is 6.66. The number of hydrogen-bond acceptors (Lipinski definition) is 4. The van der Waals surface area contributed by atoms with Gasteiger partial charge >= 0.3 is 0 Å². The van der Waals surface area contributed by atoms with Gasteiger partial charge in [-0.05, 0) is 33.6 Å². The Bertz CT molecular complexity index is 318. The van der Waals surface area contributed by atoms with Crippen LogP contribution in [0.25, 0.3) is 0 Å². The van der Waals surface area contributed by atoms with Crippen molar-refractivity contribution in [3.05, 3.63) is 0 Å². The van der Waals surface area contributed by atoms with E-state index in [9.17, 15) is 0 Å². The predicted octanol–water partition coefficient (Wildman–Crippen LogP) is 3.11. The van der Waals surface area contributed by atoms with E-state index < -0.39 is 17.4 Å². The molecule has 4 heterocycles. The molecule has 4 rings (SSSR count). The van der Waals surface area contributed by atoms with Gasteiger partial charge in [-0.25, -0.2) is 0 Å². The molecular weight excluding hydrogens is 220 g/mol. The molecule has 0 radical (unpaired) electrons. The fourth-order valence-electron chi connectivity index (χ4n) is 3.86. The van der Waals surface area contributed by atoms with E-state index in [1.165, 1.54) is 0 Å². The van der Waals surface area contributed by atoms with Gasteiger partial charge in [-0.15, -0.1) is 0 Å². The number of ether oxygens (including phenoxy) is 2. The Morgan fingerprint density at radius 1 is 0.941 bits per heavy atom. The smallest absolute Gasteiger partial charge is 0.212 e. The third-order valence-corrected chi connectivity index (χ3v) is 4.88. The monoisotopic (exact) mass is 242 g/mol. The van der Waals surface area contributed by atoms with Gasteiger partial charge in [-0.1, -0.05) is 19.8 Å². The molecular formula is C13H22O4. The molecule has 98 valence electrons. The summed E-state index contributed by atoms with van der Waals surface area (Å²) in [7, 11) is 0. The van der Waals surface area contributed by atoms with Crippen LogP contribution in [0.3, 0.4) is 0 Å². The van der Waals surface area contributed by atoms with Gasteiger partial charge < -0.3 is 9.47 Å². The van der Waals surface area contributed by atoms with Crippen LogP contribution < -0.4 is 0 Å². The number of rotatable bonds is 3. The molecule has 4 fully saturated rings. The van der Waals surface area contributed by atoms with E-state index in [-0.39, 0.29) is 5.41 Å². The molecule has 4 aliphatic rings. The minimum absolute atomic E-state index is 0.173. The zero-order valence-electron chi connectivity index (χ0n) is 11.2. The van der Waals surface area contributed by atoms with Gasteiger partial charge in [-0.2, -0.15) is 9.78 Å². The predicted molar refractivity (Wildman–Crippen MR) is 60.7 cm³/mol. The van der Waals surface area contributed by atoms with Crippen molar-refractivity contribution in [1.29, 1.82) is 0 Å². The van der Waals surface area contributed by atoms with Gasteiger partial charge in [0.2, 0.25) is 11.6 Å². The lowest BCUT2D eigenvalue weighted by atomic mass is 9.63. The van der Waals surface area contributed by atoms with Gasteiger partial charge in [0.25, 0.3) is 0 Å². The molecule has 0 aromatic carbocycles. The normalized spacial score (nSPS) is 56.5. The summed E-state index contributed by atoms with van der Waals surface area (Å²) in [5.41, 5.74) is -0.173. The zero-order chi connectivity index (χ0) is 12.4. The average Bonchev–Trinajstić information content (AvgIpc) is 2.38. The maximum absolute atomic E-state index is 6.05. The van der Waals surface area contributed by atoms with Crippen molar-refractivity contribution in [2.24, 2.45) is 5.41 Å². The Kier molecular flexibility index (Phi) is 2.26. The molecule has 0 N–H and O–H groups in total. The first-order valence-electron chi connectivity index (χ1n) is 6.66. The lowest BCUT2D eigenvalue weighted by Gasteiger charge is -2.60. The van der Waals surface area contributed by atoms with Crippen LogP contribution in [0.2, 0.25) is 0 Å². The maximum atomic E-state index is 6.05. The van der Waals surface area contributed by atoms with Crippen molar-refractivity contribution in [2.75, 3.05) is 0 Å². The fourth-order valence-corrected chi connectivity index (χ4v) is 3.86. The second-order valence-electron chi connectivity index (χ2n) is 6.08. The van der Waals surface area contributed by atoms with Crippen LogP contribution in [0, 0.1) is 5.41 Å². The topological polar surface area (TPSA) is 36.9 Å². The Morgan fingerprint density at radius 2 is 1.53 bits per heavy atom. The van der Waals surface area contributed by atoms with Crippen LogP contribution >= 0.6 is 0 Å². The van der Waals surface area contributed by atoms with Crippen molar-refractivity contribution >= 4 is 0 Å². The van der Waals surface area contributed by atoms with Crippen LogP contribution in [0.1, 0.15) is 59.8 Å². The van der Waals surface area contributed by atoms with Crippen molar-refractivity contribution < 1.29 is 19.2 Å². The summed E-state index contributed by atoms with van der Waals surface area (Å²) in [6, 6.07) is 0. The summed E-state index contributed by atoms with van der Waals surface area (Å²) in [6.45, 7) is 8.16. The molecule has 0 aromatic heterocycles. The largest absolute Gasteiger partial charge is 0.315 e. The van der Waals surface area contributed by atoms with Crippen molar-refractivity contribution in [2.45, 2.75) is 77.2 Å². The van der Waals surface area contributed by atoms with E-state index in [0.29, 0.717) is 0 Å². The summed E-state index contributed by atoms with van der Waals surface area (Å²) in [6.07, 6.45) is 5.27. The first kappa shape index (κ1) is 11.9. The van der Waals surface area contributed by atoms with Crippen molar-refractivity contribution in [3.8, 4) is 0 Å². The van der Waals surface area contributed by atoms with Gasteiger partial charge in [0.05, 0.1) is 5.41 Å². The standard InChI is InChI=1S/C13H22O4/c1-5-6-7-13-9-8-10(2)14-11(13,3)16-17-12(13,4)15-10/h5-9H2,1-4H3. The highest BCUT2D eigenvalue weighted by Crippen LogP contribution is 2.68. The fraction of sp³-hybridized carbons (Fsp3) is 1.00. The minimum Gasteiger partial charge on any atom is -0.315 e. The van der Waals surface area contributed by atoms with Crippen LogP contribution in [-0.2, 0) is 19.2 Å². The highest BCUT2D eigenvalue weighted by molar-refractivity contribution is 5.10. The molecule has 2 atom stereocenters. The molecule has 0 amide bonds. The lowest BCUT2D eigenvalue weighted by molar-refractivity contribution is -0.455. The van der Waals surface area contributed by atoms with Gasteiger partial charge in [0, 0.05) is 6.42 Å². The van der Waals surface area contributed by atoms with Crippen LogP contribution in [0.15, 0.2) is 0 Å². The number of unbranched alkanes of at least 4 members (excludes halogenated alkanes) is 1. The van der Waals surface area contributed by atoms with Crippen molar-refractivity contribution in [1.82, 2.24) is 0 Å². The Morgan fingerprint density at radius 3 is 2.06 bits per heavy atom. The zero-order valence-corrected chi connectivity index (χ0v) is 11.2. The minimum atomic E-state index is -0.665. The van der Waals surface area contributed by atoms with E-state index in [2.05, 4.69) is 6.92 Å². The summed E-state index contributed by atoms with van der Waals surface area (Å²) in [5.74, 6) is -1.89. The van der Waals surface area contributed by atoms with Gasteiger partial charge in [0.1, 0.15) is 0 Å². The maximum Gasteiger partial charge on any atom is 0.212 e. The molecule has 4 nitrogen and oxygen atoms in total. The summed E-state index contributed by atoms with van der Waals surface area (Å²) in [5, 5.41) is 0. The Labute approximate surface area is 102 Å². The van der Waals surface area contributed by atoms with E-state index in [1.54, 1.807) is 0 Å². The highest BCUT2D eigenvalue weighted by Gasteiger charge is 2.78. The molecule has 0 spiro atoms. The molecule has 4 heteroatoms.